The zero-order valence-corrected chi connectivity index (χ0v) is 18.1. The summed E-state index contributed by atoms with van der Waals surface area (Å²) in [5.41, 5.74) is 7.35. The molecule has 1 aromatic heterocycles. The molecule has 1 aliphatic heterocycles. The number of hydrogen-bond acceptors (Lipinski definition) is 2. The summed E-state index contributed by atoms with van der Waals surface area (Å²) in [4.78, 5) is 2.34. The average molecular weight is 416 g/mol. The maximum absolute atomic E-state index is 3.73. The van der Waals surface area contributed by atoms with Crippen LogP contribution >= 0.6 is 0 Å². The smallest absolute Gasteiger partial charge is 0.106 e. The molecule has 0 saturated carbocycles. The van der Waals surface area contributed by atoms with Crippen LogP contribution in [-0.4, -0.2) is 23.1 Å². The lowest BCUT2D eigenvalue weighted by molar-refractivity contribution is 0.239. The van der Waals surface area contributed by atoms with Gasteiger partial charge in [-0.2, -0.15) is 0 Å². The van der Waals surface area contributed by atoms with Crippen LogP contribution < -0.4 is 5.32 Å². The number of benzene rings is 4. The quantitative estimate of drug-likeness (QED) is 0.370. The van der Waals surface area contributed by atoms with Crippen molar-refractivity contribution in [1.29, 1.82) is 0 Å². The molecule has 3 heteroatoms. The lowest BCUT2D eigenvalue weighted by Gasteiger charge is -2.34. The maximum atomic E-state index is 3.73. The third-order valence-corrected chi connectivity index (χ3v) is 6.45. The minimum atomic E-state index is 0.141. The normalized spacial score (nSPS) is 16.8. The van der Waals surface area contributed by atoms with Crippen LogP contribution in [0.2, 0.25) is 0 Å². The van der Waals surface area contributed by atoms with Gasteiger partial charge in [-0.1, -0.05) is 78.9 Å². The fourth-order valence-corrected chi connectivity index (χ4v) is 4.82. The van der Waals surface area contributed by atoms with E-state index in [4.69, 9.17) is 0 Å². The van der Waals surface area contributed by atoms with Crippen LogP contribution in [0.3, 0.4) is 0 Å². The summed E-state index contributed by atoms with van der Waals surface area (Å²) in [5, 5.41) is 6.31. The van der Waals surface area contributed by atoms with Gasteiger partial charge >= 0.3 is 0 Å². The summed E-state index contributed by atoms with van der Waals surface area (Å²) in [5.74, 6) is 0. The van der Waals surface area contributed by atoms with Crippen LogP contribution in [0.5, 0.6) is 0 Å². The molecule has 0 fully saturated rings. The third kappa shape index (κ3) is 3.10. The van der Waals surface area contributed by atoms with Gasteiger partial charge in [0.25, 0.3) is 0 Å². The molecule has 0 spiro atoms. The Morgan fingerprint density at radius 1 is 0.688 bits per heavy atom. The van der Waals surface area contributed by atoms with Crippen molar-refractivity contribution in [2.24, 2.45) is 0 Å². The molecule has 0 saturated heterocycles. The highest BCUT2D eigenvalue weighted by Crippen LogP contribution is 2.32. The Balaban J connectivity index is 1.38. The van der Waals surface area contributed by atoms with E-state index in [9.17, 15) is 0 Å². The second-order valence-electron chi connectivity index (χ2n) is 8.43. The Morgan fingerprint density at radius 3 is 1.94 bits per heavy atom. The van der Waals surface area contributed by atoms with Gasteiger partial charge in [0, 0.05) is 28.7 Å². The minimum absolute atomic E-state index is 0.141. The van der Waals surface area contributed by atoms with Gasteiger partial charge in [0.15, 0.2) is 0 Å². The molecule has 1 atom stereocenters. The molecule has 1 N–H and O–H groups in total. The average Bonchev–Trinajstić information content (AvgIpc) is 3.20. The topological polar surface area (TPSA) is 20.2 Å². The lowest BCUT2D eigenvalue weighted by Crippen LogP contribution is -2.39. The number of nitrogens with one attached hydrogen (secondary N) is 1. The third-order valence-electron chi connectivity index (χ3n) is 6.45. The molecule has 156 valence electrons. The fraction of sp³-hybridized carbons (Fsp3) is 0.103. The van der Waals surface area contributed by atoms with E-state index in [1.54, 1.807) is 0 Å². The van der Waals surface area contributed by atoms with E-state index in [1.165, 1.54) is 44.3 Å². The number of aromatic nitrogens is 1. The van der Waals surface area contributed by atoms with E-state index in [0.717, 1.165) is 6.54 Å². The number of likely N-dealkylation sites (N-methyl/N-ethyl adjacent to an activating group) is 1. The first-order valence-electron chi connectivity index (χ1n) is 11.1. The van der Waals surface area contributed by atoms with Crippen molar-refractivity contribution < 1.29 is 0 Å². The molecule has 0 amide bonds. The zero-order chi connectivity index (χ0) is 21.5. The van der Waals surface area contributed by atoms with Crippen molar-refractivity contribution in [3.8, 4) is 5.69 Å². The zero-order valence-electron chi connectivity index (χ0n) is 18.1. The summed E-state index contributed by atoms with van der Waals surface area (Å²) in [6.45, 7) is 0.913. The number of para-hydroxylation sites is 2. The van der Waals surface area contributed by atoms with Crippen molar-refractivity contribution in [3.05, 3.63) is 120 Å². The molecule has 2 heterocycles. The van der Waals surface area contributed by atoms with E-state index in [-0.39, 0.29) is 6.17 Å². The number of rotatable bonds is 3. The van der Waals surface area contributed by atoms with E-state index >= 15 is 0 Å². The van der Waals surface area contributed by atoms with Crippen LogP contribution in [0.1, 0.15) is 17.3 Å². The molecule has 5 aromatic rings. The van der Waals surface area contributed by atoms with Crippen LogP contribution in [0.15, 0.2) is 109 Å². The molecule has 0 bridgehead atoms. The van der Waals surface area contributed by atoms with Gasteiger partial charge in [0.05, 0.1) is 11.0 Å². The van der Waals surface area contributed by atoms with E-state index in [1.807, 2.05) is 0 Å². The largest absolute Gasteiger partial charge is 0.366 e. The highest BCUT2D eigenvalue weighted by atomic mass is 15.3. The Kier molecular flexibility index (Phi) is 4.55. The van der Waals surface area contributed by atoms with E-state index in [0.29, 0.717) is 0 Å². The number of fused-ring (bicyclic) bond motifs is 3. The number of hydrogen-bond donors (Lipinski definition) is 1. The second-order valence-corrected chi connectivity index (χ2v) is 8.43. The van der Waals surface area contributed by atoms with Crippen molar-refractivity contribution in [2.75, 3.05) is 13.6 Å². The molecule has 0 radical (unpaired) electrons. The van der Waals surface area contributed by atoms with Crippen molar-refractivity contribution in [3.63, 3.8) is 0 Å². The molecular weight excluding hydrogens is 390 g/mol. The van der Waals surface area contributed by atoms with Crippen LogP contribution in [0.4, 0.5) is 0 Å². The summed E-state index contributed by atoms with van der Waals surface area (Å²) >= 11 is 0. The molecule has 1 unspecified atom stereocenters. The molecular formula is C29H25N3. The maximum Gasteiger partial charge on any atom is 0.106 e. The first kappa shape index (κ1) is 18.9. The predicted molar refractivity (Wildman–Crippen MR) is 134 cm³/mol. The highest BCUT2D eigenvalue weighted by Gasteiger charge is 2.22. The van der Waals surface area contributed by atoms with Gasteiger partial charge in [-0.25, -0.2) is 0 Å². The Hall–Kier alpha value is -3.82. The Labute approximate surface area is 188 Å². The van der Waals surface area contributed by atoms with E-state index < -0.39 is 0 Å². The fourth-order valence-electron chi connectivity index (χ4n) is 4.82. The molecule has 32 heavy (non-hydrogen) atoms. The van der Waals surface area contributed by atoms with Gasteiger partial charge < -0.3 is 9.88 Å². The molecule has 3 nitrogen and oxygen atoms in total. The van der Waals surface area contributed by atoms with Crippen molar-refractivity contribution >= 4 is 27.5 Å². The monoisotopic (exact) mass is 415 g/mol. The van der Waals surface area contributed by atoms with Crippen LogP contribution in [0, 0.1) is 0 Å². The molecule has 1 aliphatic rings. The SMILES string of the molecule is CN1CC=C(c2ccccc2)NC1c1ccc(-n2c3ccccc3c3ccccc32)cc1. The van der Waals surface area contributed by atoms with Gasteiger partial charge in [0.1, 0.15) is 6.17 Å². The molecule has 4 aromatic carbocycles. The van der Waals surface area contributed by atoms with Gasteiger partial charge in [-0.05, 0) is 48.5 Å². The molecule has 0 aliphatic carbocycles. The van der Waals surface area contributed by atoms with E-state index in [2.05, 4.69) is 131 Å². The standard InChI is InChI=1S/C29H25N3/c1-31-20-19-26(21-9-3-2-4-10-21)30-29(31)22-15-17-23(18-16-22)32-27-13-7-5-11-24(27)25-12-6-8-14-28(25)32/h2-19,29-30H,20H2,1H3. The summed E-state index contributed by atoms with van der Waals surface area (Å²) in [7, 11) is 2.16. The highest BCUT2D eigenvalue weighted by molar-refractivity contribution is 6.09. The first-order valence-corrected chi connectivity index (χ1v) is 11.1. The van der Waals surface area contributed by atoms with Gasteiger partial charge in [0.2, 0.25) is 0 Å². The van der Waals surface area contributed by atoms with Crippen molar-refractivity contribution in [1.82, 2.24) is 14.8 Å². The summed E-state index contributed by atoms with van der Waals surface area (Å²) in [6, 6.07) is 36.8. The second kappa shape index (κ2) is 7.70. The minimum Gasteiger partial charge on any atom is -0.366 e. The van der Waals surface area contributed by atoms with Gasteiger partial charge in [-0.15, -0.1) is 0 Å². The summed E-state index contributed by atoms with van der Waals surface area (Å²) < 4.78 is 2.36. The lowest BCUT2D eigenvalue weighted by atomic mass is 10.1. The van der Waals surface area contributed by atoms with Crippen LogP contribution in [-0.2, 0) is 0 Å². The first-order chi connectivity index (χ1) is 15.8. The predicted octanol–water partition coefficient (Wildman–Crippen LogP) is 6.36. The van der Waals surface area contributed by atoms with Gasteiger partial charge in [-0.3, -0.25) is 4.90 Å². The van der Waals surface area contributed by atoms with Crippen LogP contribution in [0.25, 0.3) is 33.2 Å². The molecule has 6 rings (SSSR count). The Morgan fingerprint density at radius 2 is 1.28 bits per heavy atom. The number of nitrogens with zero attached hydrogens (tertiary/aromatic N) is 2. The summed E-state index contributed by atoms with van der Waals surface area (Å²) in [6.07, 6.45) is 2.40. The van der Waals surface area contributed by atoms with Crippen molar-refractivity contribution in [2.45, 2.75) is 6.17 Å². The Bertz CT molecular complexity index is 1380.